The minimum atomic E-state index is 0.117. The van der Waals surface area contributed by atoms with E-state index < -0.39 is 0 Å². The summed E-state index contributed by atoms with van der Waals surface area (Å²) in [6, 6.07) is 9.54. The Morgan fingerprint density at radius 1 is 1.13 bits per heavy atom. The molecule has 0 N–H and O–H groups in total. The summed E-state index contributed by atoms with van der Waals surface area (Å²) in [6.07, 6.45) is 5.83. The molecular weight excluding hydrogens is 290 g/mol. The molecule has 5 heteroatoms. The monoisotopic (exact) mass is 305 g/mol. The van der Waals surface area contributed by atoms with Gasteiger partial charge in [-0.25, -0.2) is 0 Å². The maximum atomic E-state index is 12.4. The Hall–Kier alpha value is -2.95. The average molecular weight is 305 g/mol. The number of fused-ring (bicyclic) bond motifs is 1. The van der Waals surface area contributed by atoms with E-state index in [0.29, 0.717) is 24.3 Å². The van der Waals surface area contributed by atoms with Crippen LogP contribution in [0.5, 0.6) is 5.75 Å². The number of ketones is 1. The summed E-state index contributed by atoms with van der Waals surface area (Å²) in [4.78, 5) is 16.5. The van der Waals surface area contributed by atoms with Gasteiger partial charge in [-0.15, -0.1) is 0 Å². The second-order valence-electron chi connectivity index (χ2n) is 5.50. The molecule has 3 aromatic rings. The van der Waals surface area contributed by atoms with Crippen molar-refractivity contribution >= 4 is 5.78 Å². The van der Waals surface area contributed by atoms with Gasteiger partial charge >= 0.3 is 0 Å². The van der Waals surface area contributed by atoms with E-state index in [0.717, 1.165) is 22.4 Å². The van der Waals surface area contributed by atoms with Gasteiger partial charge in [0.25, 0.3) is 0 Å². The quantitative estimate of drug-likeness (QED) is 0.730. The van der Waals surface area contributed by atoms with Crippen LogP contribution in [0.3, 0.4) is 0 Å². The molecule has 1 aliphatic heterocycles. The molecule has 1 aliphatic rings. The fraction of sp³-hybridized carbons (Fsp3) is 0.167. The van der Waals surface area contributed by atoms with Gasteiger partial charge in [0.2, 0.25) is 0 Å². The number of hydrogen-bond donors (Lipinski definition) is 0. The van der Waals surface area contributed by atoms with Crippen LogP contribution in [0.15, 0.2) is 48.9 Å². The summed E-state index contributed by atoms with van der Waals surface area (Å²) < 4.78 is 7.41. The molecule has 0 atom stereocenters. The van der Waals surface area contributed by atoms with E-state index in [4.69, 9.17) is 4.74 Å². The minimum absolute atomic E-state index is 0.117. The van der Waals surface area contributed by atoms with E-state index in [1.807, 2.05) is 43.6 Å². The predicted molar refractivity (Wildman–Crippen MR) is 86.3 cm³/mol. The predicted octanol–water partition coefficient (Wildman–Crippen LogP) is 3.11. The molecule has 1 aromatic carbocycles. The molecule has 4 rings (SSSR count). The van der Waals surface area contributed by atoms with E-state index >= 15 is 0 Å². The highest BCUT2D eigenvalue weighted by Gasteiger charge is 2.25. The van der Waals surface area contributed by atoms with Crippen LogP contribution in [-0.2, 0) is 7.05 Å². The van der Waals surface area contributed by atoms with Crippen LogP contribution in [0.1, 0.15) is 16.8 Å². The molecule has 0 fully saturated rings. The number of carbonyl (C=O) groups excluding carboxylic acids is 1. The smallest absolute Gasteiger partial charge is 0.170 e. The number of nitrogens with zero attached hydrogens (tertiary/aromatic N) is 3. The zero-order valence-electron chi connectivity index (χ0n) is 12.7. The van der Waals surface area contributed by atoms with Gasteiger partial charge in [0, 0.05) is 43.2 Å². The van der Waals surface area contributed by atoms with Crippen molar-refractivity contribution in [2.75, 3.05) is 6.61 Å². The van der Waals surface area contributed by atoms with Crippen molar-refractivity contribution in [3.05, 3.63) is 54.5 Å². The lowest BCUT2D eigenvalue weighted by Crippen LogP contribution is -2.16. The molecule has 0 radical (unpaired) electrons. The van der Waals surface area contributed by atoms with Crippen LogP contribution in [0.4, 0.5) is 0 Å². The van der Waals surface area contributed by atoms with E-state index in [1.54, 1.807) is 17.1 Å². The normalized spacial score (nSPS) is 13.5. The van der Waals surface area contributed by atoms with Crippen LogP contribution in [-0.4, -0.2) is 27.2 Å². The summed E-state index contributed by atoms with van der Waals surface area (Å²) in [6.45, 7) is 0.444. The van der Waals surface area contributed by atoms with Gasteiger partial charge in [-0.05, 0) is 23.8 Å². The zero-order valence-corrected chi connectivity index (χ0v) is 12.7. The van der Waals surface area contributed by atoms with E-state index in [-0.39, 0.29) is 5.78 Å². The van der Waals surface area contributed by atoms with Crippen molar-refractivity contribution in [2.45, 2.75) is 6.42 Å². The Morgan fingerprint density at radius 2 is 1.96 bits per heavy atom. The molecule has 114 valence electrons. The summed E-state index contributed by atoms with van der Waals surface area (Å²) in [5.41, 5.74) is 4.25. The van der Waals surface area contributed by atoms with Crippen molar-refractivity contribution in [3.63, 3.8) is 0 Å². The van der Waals surface area contributed by atoms with Crippen molar-refractivity contribution < 1.29 is 9.53 Å². The van der Waals surface area contributed by atoms with Crippen LogP contribution in [0, 0.1) is 0 Å². The van der Waals surface area contributed by atoms with E-state index in [1.165, 1.54) is 0 Å². The first-order valence-corrected chi connectivity index (χ1v) is 7.47. The first-order valence-electron chi connectivity index (χ1n) is 7.47. The third kappa shape index (κ3) is 2.30. The first-order chi connectivity index (χ1) is 11.2. The topological polar surface area (TPSA) is 57.0 Å². The highest BCUT2D eigenvalue weighted by molar-refractivity contribution is 6.06. The average Bonchev–Trinajstić information content (AvgIpc) is 2.97. The number of Topliss-reactive ketones (excluding diaryl/α,β-unsaturated/α-hetero) is 1. The van der Waals surface area contributed by atoms with Gasteiger partial charge in [0.1, 0.15) is 11.4 Å². The lowest BCUT2D eigenvalue weighted by atomic mass is 9.93. The summed E-state index contributed by atoms with van der Waals surface area (Å²) >= 11 is 0. The summed E-state index contributed by atoms with van der Waals surface area (Å²) in [7, 11) is 1.88. The Balaban J connectivity index is 1.95. The largest absolute Gasteiger partial charge is 0.492 e. The lowest BCUT2D eigenvalue weighted by Gasteiger charge is -2.19. The number of ether oxygens (including phenoxy) is 1. The second kappa shape index (κ2) is 5.35. The Bertz CT molecular complexity index is 885. The highest BCUT2D eigenvalue weighted by atomic mass is 16.5. The SMILES string of the molecule is Cn1cc(-c2cccc3c2C(=O)CCO3)c(-c2ccncc2)n1. The number of pyridine rings is 1. The van der Waals surface area contributed by atoms with Gasteiger partial charge in [-0.3, -0.25) is 14.5 Å². The van der Waals surface area contributed by atoms with E-state index in [2.05, 4.69) is 10.1 Å². The van der Waals surface area contributed by atoms with Crippen LogP contribution >= 0.6 is 0 Å². The number of benzene rings is 1. The molecule has 3 heterocycles. The first kappa shape index (κ1) is 13.7. The molecule has 23 heavy (non-hydrogen) atoms. The van der Waals surface area contributed by atoms with Crippen molar-refractivity contribution in [1.82, 2.24) is 14.8 Å². The number of aryl methyl sites for hydroxylation is 1. The van der Waals surface area contributed by atoms with E-state index in [9.17, 15) is 4.79 Å². The third-order valence-corrected chi connectivity index (χ3v) is 3.96. The maximum absolute atomic E-state index is 12.4. The number of carbonyl (C=O) groups is 1. The van der Waals surface area contributed by atoms with Crippen LogP contribution in [0.2, 0.25) is 0 Å². The highest BCUT2D eigenvalue weighted by Crippen LogP contribution is 2.38. The van der Waals surface area contributed by atoms with Gasteiger partial charge in [-0.2, -0.15) is 5.10 Å². The molecule has 2 aromatic heterocycles. The fourth-order valence-electron chi connectivity index (χ4n) is 2.95. The molecular formula is C18H15N3O2. The van der Waals surface area contributed by atoms with Gasteiger partial charge < -0.3 is 4.74 Å². The molecule has 0 aliphatic carbocycles. The van der Waals surface area contributed by atoms with Crippen LogP contribution in [0.25, 0.3) is 22.4 Å². The maximum Gasteiger partial charge on any atom is 0.170 e. The number of hydrogen-bond acceptors (Lipinski definition) is 4. The van der Waals surface area contributed by atoms with Crippen molar-refractivity contribution in [3.8, 4) is 28.1 Å². The molecule has 5 nitrogen and oxygen atoms in total. The second-order valence-corrected chi connectivity index (χ2v) is 5.50. The Labute approximate surface area is 133 Å². The number of aromatic nitrogens is 3. The summed E-state index contributed by atoms with van der Waals surface area (Å²) in [5, 5.41) is 4.57. The van der Waals surface area contributed by atoms with Crippen LogP contribution < -0.4 is 4.74 Å². The summed E-state index contributed by atoms with van der Waals surface area (Å²) in [5.74, 6) is 0.773. The third-order valence-electron chi connectivity index (χ3n) is 3.96. The lowest BCUT2D eigenvalue weighted by molar-refractivity contribution is 0.0934. The molecule has 0 saturated heterocycles. The Morgan fingerprint density at radius 3 is 2.78 bits per heavy atom. The van der Waals surface area contributed by atoms with Crippen molar-refractivity contribution in [2.24, 2.45) is 7.05 Å². The standard InChI is InChI=1S/C18H15N3O2/c1-21-11-14(18(20-21)12-5-8-19-9-6-12)13-3-2-4-16-17(13)15(22)7-10-23-16/h2-6,8-9,11H,7,10H2,1H3. The zero-order chi connectivity index (χ0) is 15.8. The molecule has 0 unspecified atom stereocenters. The van der Waals surface area contributed by atoms with Gasteiger partial charge in [0.05, 0.1) is 12.2 Å². The molecule has 0 bridgehead atoms. The molecule has 0 spiro atoms. The minimum Gasteiger partial charge on any atom is -0.492 e. The van der Waals surface area contributed by atoms with Crippen molar-refractivity contribution in [1.29, 1.82) is 0 Å². The molecule has 0 saturated carbocycles. The van der Waals surface area contributed by atoms with Gasteiger partial charge in [0.15, 0.2) is 5.78 Å². The Kier molecular flexibility index (Phi) is 3.19. The van der Waals surface area contributed by atoms with Gasteiger partial charge in [-0.1, -0.05) is 12.1 Å². The molecule has 0 amide bonds. The fourth-order valence-corrected chi connectivity index (χ4v) is 2.95. The number of rotatable bonds is 2.